The largest absolute Gasteiger partial charge is 0.326 e. The lowest BCUT2D eigenvalue weighted by Crippen LogP contribution is -2.15. The highest BCUT2D eigenvalue weighted by atomic mass is 32.2. The maximum absolute atomic E-state index is 12.2. The summed E-state index contributed by atoms with van der Waals surface area (Å²) in [5.74, 6) is -0.404. The van der Waals surface area contributed by atoms with Crippen molar-refractivity contribution in [1.29, 1.82) is 0 Å². The van der Waals surface area contributed by atoms with Crippen molar-refractivity contribution in [3.8, 4) is 0 Å². The number of hydrogen-bond donors (Lipinski definition) is 2. The highest BCUT2D eigenvalue weighted by molar-refractivity contribution is 7.89. The second-order valence-electron chi connectivity index (χ2n) is 5.86. The number of carbonyl (C=O) groups excluding carboxylic acids is 2. The summed E-state index contributed by atoms with van der Waals surface area (Å²) in [5, 5.41) is 7.64. The Hall–Kier alpha value is -2.51. The molecule has 25 heavy (non-hydrogen) atoms. The molecule has 6 nitrogen and oxygen atoms in total. The first-order chi connectivity index (χ1) is 11.7. The average Bonchev–Trinajstić information content (AvgIpc) is 2.52. The maximum atomic E-state index is 12.2. The van der Waals surface area contributed by atoms with Crippen LogP contribution in [0, 0.1) is 13.8 Å². The summed E-state index contributed by atoms with van der Waals surface area (Å²) in [4.78, 5) is 24.2. The molecular weight excluding hydrogens is 340 g/mol. The third-order valence-electron chi connectivity index (χ3n) is 3.73. The van der Waals surface area contributed by atoms with Gasteiger partial charge in [-0.25, -0.2) is 13.6 Å². The first-order valence-corrected chi connectivity index (χ1v) is 9.24. The molecule has 7 heteroatoms. The van der Waals surface area contributed by atoms with Gasteiger partial charge < -0.3 is 5.32 Å². The number of nitrogens with two attached hydrogens (primary N) is 1. The minimum Gasteiger partial charge on any atom is -0.326 e. The fourth-order valence-corrected chi connectivity index (χ4v) is 2.96. The molecule has 0 spiro atoms. The molecule has 2 aromatic carbocycles. The van der Waals surface area contributed by atoms with E-state index in [0.29, 0.717) is 11.3 Å². The molecule has 0 aliphatic carbocycles. The number of primary sulfonamides is 1. The van der Waals surface area contributed by atoms with E-state index < -0.39 is 10.0 Å². The SMILES string of the molecule is Cc1ccc(C(=O)CCC(=O)Nc2ccc(S(N)(=O)=O)cc2)c(C)c1. The number of aryl methyl sites for hydroxylation is 2. The Bertz CT molecular complexity index is 903. The summed E-state index contributed by atoms with van der Waals surface area (Å²) in [6, 6.07) is 11.1. The summed E-state index contributed by atoms with van der Waals surface area (Å²) >= 11 is 0. The van der Waals surface area contributed by atoms with Crippen molar-refractivity contribution in [2.75, 3.05) is 5.32 Å². The third-order valence-corrected chi connectivity index (χ3v) is 4.66. The lowest BCUT2D eigenvalue weighted by molar-refractivity contribution is -0.116. The van der Waals surface area contributed by atoms with Crippen LogP contribution in [0.4, 0.5) is 5.69 Å². The Morgan fingerprint density at radius 2 is 1.64 bits per heavy atom. The molecule has 0 aliphatic rings. The second kappa shape index (κ2) is 7.58. The number of rotatable bonds is 6. The smallest absolute Gasteiger partial charge is 0.238 e. The van der Waals surface area contributed by atoms with Gasteiger partial charge in [0.15, 0.2) is 5.78 Å². The number of hydrogen-bond acceptors (Lipinski definition) is 4. The van der Waals surface area contributed by atoms with Crippen LogP contribution in [-0.2, 0) is 14.8 Å². The van der Waals surface area contributed by atoms with Gasteiger partial charge in [0, 0.05) is 24.1 Å². The summed E-state index contributed by atoms with van der Waals surface area (Å²) < 4.78 is 22.4. The van der Waals surface area contributed by atoms with Crippen LogP contribution in [0.15, 0.2) is 47.4 Å². The molecule has 0 aromatic heterocycles. The zero-order chi connectivity index (χ0) is 18.6. The zero-order valence-corrected chi connectivity index (χ0v) is 14.9. The van der Waals surface area contributed by atoms with E-state index in [0.717, 1.165) is 11.1 Å². The van der Waals surface area contributed by atoms with E-state index in [9.17, 15) is 18.0 Å². The van der Waals surface area contributed by atoms with Gasteiger partial charge in [-0.1, -0.05) is 23.8 Å². The van der Waals surface area contributed by atoms with E-state index in [4.69, 9.17) is 5.14 Å². The van der Waals surface area contributed by atoms with Crippen molar-refractivity contribution in [1.82, 2.24) is 0 Å². The molecule has 2 rings (SSSR count). The highest BCUT2D eigenvalue weighted by Gasteiger charge is 2.12. The molecule has 0 heterocycles. The predicted molar refractivity (Wildman–Crippen MR) is 95.9 cm³/mol. The van der Waals surface area contributed by atoms with Gasteiger partial charge >= 0.3 is 0 Å². The van der Waals surface area contributed by atoms with Crippen molar-refractivity contribution in [2.24, 2.45) is 5.14 Å². The minimum absolute atomic E-state index is 0.0319. The van der Waals surface area contributed by atoms with Gasteiger partial charge in [0.1, 0.15) is 0 Å². The van der Waals surface area contributed by atoms with Gasteiger partial charge in [-0.15, -0.1) is 0 Å². The molecule has 3 N–H and O–H groups in total. The van der Waals surface area contributed by atoms with Crippen LogP contribution >= 0.6 is 0 Å². The van der Waals surface area contributed by atoms with E-state index >= 15 is 0 Å². The summed E-state index contributed by atoms with van der Waals surface area (Å²) in [6.45, 7) is 3.82. The molecule has 0 aliphatic heterocycles. The lowest BCUT2D eigenvalue weighted by Gasteiger charge is -2.07. The van der Waals surface area contributed by atoms with Crippen molar-refractivity contribution in [3.05, 3.63) is 59.2 Å². The fourth-order valence-electron chi connectivity index (χ4n) is 2.44. The van der Waals surface area contributed by atoms with E-state index in [1.807, 2.05) is 26.0 Å². The van der Waals surface area contributed by atoms with Crippen molar-refractivity contribution >= 4 is 27.4 Å². The number of ketones is 1. The van der Waals surface area contributed by atoms with Crippen molar-refractivity contribution in [2.45, 2.75) is 31.6 Å². The fraction of sp³-hybridized carbons (Fsp3) is 0.222. The second-order valence-corrected chi connectivity index (χ2v) is 7.42. The molecule has 0 saturated heterocycles. The normalized spacial score (nSPS) is 11.2. The molecule has 2 aromatic rings. The molecule has 0 radical (unpaired) electrons. The number of sulfonamides is 1. The van der Waals surface area contributed by atoms with Crippen LogP contribution < -0.4 is 10.5 Å². The van der Waals surface area contributed by atoms with Gasteiger partial charge in [-0.05, 0) is 43.7 Å². The number of nitrogens with one attached hydrogen (secondary N) is 1. The quantitative estimate of drug-likeness (QED) is 0.772. The van der Waals surface area contributed by atoms with Crippen molar-refractivity contribution < 1.29 is 18.0 Å². The topological polar surface area (TPSA) is 106 Å². The Labute approximate surface area is 147 Å². The van der Waals surface area contributed by atoms with Gasteiger partial charge in [-0.3, -0.25) is 9.59 Å². The van der Waals surface area contributed by atoms with Crippen LogP contribution in [0.5, 0.6) is 0 Å². The number of anilines is 1. The molecule has 0 bridgehead atoms. The molecule has 0 unspecified atom stereocenters. The first kappa shape index (κ1) is 18.8. The van der Waals surface area contributed by atoms with Crippen LogP contribution in [0.25, 0.3) is 0 Å². The molecule has 132 valence electrons. The molecular formula is C18H20N2O4S. The summed E-state index contributed by atoms with van der Waals surface area (Å²) in [6.07, 6.45) is 0.147. The van der Waals surface area contributed by atoms with Crippen LogP contribution in [0.3, 0.4) is 0 Å². The van der Waals surface area contributed by atoms with Crippen LogP contribution in [-0.4, -0.2) is 20.1 Å². The summed E-state index contributed by atoms with van der Waals surface area (Å²) in [7, 11) is -3.76. The number of Topliss-reactive ketones (excluding diaryl/α,β-unsaturated/α-hetero) is 1. The number of benzene rings is 2. The Morgan fingerprint density at radius 3 is 2.20 bits per heavy atom. The Morgan fingerprint density at radius 1 is 1.00 bits per heavy atom. The average molecular weight is 360 g/mol. The monoisotopic (exact) mass is 360 g/mol. The predicted octanol–water partition coefficient (Wildman–Crippen LogP) is 2.55. The maximum Gasteiger partial charge on any atom is 0.238 e. The van der Waals surface area contributed by atoms with E-state index in [-0.39, 0.29) is 29.4 Å². The minimum atomic E-state index is -3.76. The van der Waals surface area contributed by atoms with Crippen molar-refractivity contribution in [3.63, 3.8) is 0 Å². The van der Waals surface area contributed by atoms with Gasteiger partial charge in [0.05, 0.1) is 4.90 Å². The van der Waals surface area contributed by atoms with Gasteiger partial charge in [0.2, 0.25) is 15.9 Å². The van der Waals surface area contributed by atoms with Gasteiger partial charge in [0.25, 0.3) is 0 Å². The number of carbonyl (C=O) groups is 2. The van der Waals surface area contributed by atoms with E-state index in [2.05, 4.69) is 5.32 Å². The number of amides is 1. The van der Waals surface area contributed by atoms with E-state index in [1.165, 1.54) is 24.3 Å². The summed E-state index contributed by atoms with van der Waals surface area (Å²) in [5.41, 5.74) is 3.03. The molecule has 0 saturated carbocycles. The highest BCUT2D eigenvalue weighted by Crippen LogP contribution is 2.15. The molecule has 0 fully saturated rings. The Balaban J connectivity index is 1.93. The first-order valence-electron chi connectivity index (χ1n) is 7.70. The standard InChI is InChI=1S/C18H20N2O4S/c1-12-3-8-16(13(2)11-12)17(21)9-10-18(22)20-14-4-6-15(7-5-14)25(19,23)24/h3-8,11H,9-10H2,1-2H3,(H,20,22)(H2,19,23,24). The van der Waals surface area contributed by atoms with Crippen LogP contribution in [0.1, 0.15) is 34.3 Å². The lowest BCUT2D eigenvalue weighted by atomic mass is 9.99. The third kappa shape index (κ3) is 5.23. The van der Waals surface area contributed by atoms with E-state index in [1.54, 1.807) is 6.07 Å². The van der Waals surface area contributed by atoms with Crippen LogP contribution in [0.2, 0.25) is 0 Å². The Kier molecular flexibility index (Phi) is 5.71. The van der Waals surface area contributed by atoms with Gasteiger partial charge in [-0.2, -0.15) is 0 Å². The molecule has 0 atom stereocenters. The molecule has 1 amide bonds. The zero-order valence-electron chi connectivity index (χ0n) is 14.1.